The van der Waals surface area contributed by atoms with E-state index in [4.69, 9.17) is 4.74 Å². The van der Waals surface area contributed by atoms with E-state index in [1.807, 2.05) is 11.4 Å². The zero-order valence-electron chi connectivity index (χ0n) is 16.3. The summed E-state index contributed by atoms with van der Waals surface area (Å²) in [5.41, 5.74) is 0.801. The highest BCUT2D eigenvalue weighted by Crippen LogP contribution is 2.20. The summed E-state index contributed by atoms with van der Waals surface area (Å²) in [5, 5.41) is 1.85. The predicted octanol–water partition coefficient (Wildman–Crippen LogP) is 4.56. The molecule has 1 heterocycles. The van der Waals surface area contributed by atoms with Gasteiger partial charge in [-0.25, -0.2) is 0 Å². The standard InChI is InChI=1S/C20H29F3N2O3/c1-2-3-4-5-10-17(11-6-7-13-25-19(27)20(21,22)23)18(26)28-15-16-9-8-12-24-14-16/h8-9,12,14,17H,2-7,10-11,13,15H2,1H3,(H,25,27). The Balaban J connectivity index is 2.40. The maximum Gasteiger partial charge on any atom is 0.471 e. The van der Waals surface area contributed by atoms with E-state index in [9.17, 15) is 22.8 Å². The van der Waals surface area contributed by atoms with Crippen LogP contribution >= 0.6 is 0 Å². The minimum Gasteiger partial charge on any atom is -0.461 e. The van der Waals surface area contributed by atoms with Crippen molar-refractivity contribution in [1.29, 1.82) is 0 Å². The Kier molecular flexibility index (Phi) is 11.2. The van der Waals surface area contributed by atoms with Crippen LogP contribution < -0.4 is 5.32 Å². The van der Waals surface area contributed by atoms with Gasteiger partial charge in [-0.3, -0.25) is 14.6 Å². The highest BCUT2D eigenvalue weighted by atomic mass is 19.4. The van der Waals surface area contributed by atoms with Gasteiger partial charge in [-0.2, -0.15) is 13.2 Å². The number of hydrogen-bond acceptors (Lipinski definition) is 4. The number of halogens is 3. The van der Waals surface area contributed by atoms with Gasteiger partial charge >= 0.3 is 18.1 Å². The lowest BCUT2D eigenvalue weighted by Gasteiger charge is -2.16. The number of carbonyl (C=O) groups excluding carboxylic acids is 2. The van der Waals surface area contributed by atoms with Crippen LogP contribution in [0.1, 0.15) is 63.9 Å². The number of unbranched alkanes of at least 4 members (excludes halogenated alkanes) is 4. The maximum absolute atomic E-state index is 12.4. The van der Waals surface area contributed by atoms with Crippen LogP contribution in [-0.2, 0) is 20.9 Å². The van der Waals surface area contributed by atoms with E-state index >= 15 is 0 Å². The van der Waals surface area contributed by atoms with Gasteiger partial charge in [-0.1, -0.05) is 45.1 Å². The van der Waals surface area contributed by atoms with Crippen molar-refractivity contribution < 1.29 is 27.5 Å². The molecule has 0 saturated heterocycles. The molecule has 28 heavy (non-hydrogen) atoms. The van der Waals surface area contributed by atoms with Crippen LogP contribution in [0.5, 0.6) is 0 Å². The average Bonchev–Trinajstić information content (AvgIpc) is 2.67. The lowest BCUT2D eigenvalue weighted by Crippen LogP contribution is -2.37. The summed E-state index contributed by atoms with van der Waals surface area (Å²) in [6.07, 6.45) is 4.68. The summed E-state index contributed by atoms with van der Waals surface area (Å²) in [6.45, 7) is 2.19. The summed E-state index contributed by atoms with van der Waals surface area (Å²) >= 11 is 0. The number of rotatable bonds is 13. The van der Waals surface area contributed by atoms with Crippen LogP contribution in [0.2, 0.25) is 0 Å². The zero-order chi connectivity index (χ0) is 20.8. The minimum atomic E-state index is -4.86. The van der Waals surface area contributed by atoms with Crippen molar-refractivity contribution in [2.24, 2.45) is 5.92 Å². The lowest BCUT2D eigenvalue weighted by atomic mass is 9.95. The number of nitrogens with one attached hydrogen (secondary N) is 1. The molecule has 0 spiro atoms. The Morgan fingerprint density at radius 2 is 1.86 bits per heavy atom. The number of nitrogens with zero attached hydrogens (tertiary/aromatic N) is 1. The van der Waals surface area contributed by atoms with Crippen molar-refractivity contribution in [3.8, 4) is 0 Å². The molecular formula is C20H29F3N2O3. The fraction of sp³-hybridized carbons (Fsp3) is 0.650. The third-order valence-electron chi connectivity index (χ3n) is 4.37. The van der Waals surface area contributed by atoms with Crippen LogP contribution in [0.3, 0.4) is 0 Å². The molecule has 0 aliphatic carbocycles. The molecule has 1 rings (SSSR count). The Bertz CT molecular complexity index is 580. The largest absolute Gasteiger partial charge is 0.471 e. The molecule has 1 aromatic heterocycles. The van der Waals surface area contributed by atoms with Crippen molar-refractivity contribution in [3.63, 3.8) is 0 Å². The first-order valence-corrected chi connectivity index (χ1v) is 9.75. The van der Waals surface area contributed by atoms with Gasteiger partial charge < -0.3 is 10.1 Å². The molecule has 1 amide bonds. The second kappa shape index (κ2) is 13.1. The molecule has 0 fully saturated rings. The van der Waals surface area contributed by atoms with Gasteiger partial charge in [0.2, 0.25) is 0 Å². The topological polar surface area (TPSA) is 68.3 Å². The van der Waals surface area contributed by atoms with Crippen molar-refractivity contribution in [1.82, 2.24) is 10.3 Å². The number of pyridine rings is 1. The SMILES string of the molecule is CCCCCCC(CCCCNC(=O)C(F)(F)F)C(=O)OCc1cccnc1. The molecule has 8 heteroatoms. The van der Waals surface area contributed by atoms with Crippen LogP contribution in [0.25, 0.3) is 0 Å². The predicted molar refractivity (Wildman–Crippen MR) is 99.2 cm³/mol. The first-order valence-electron chi connectivity index (χ1n) is 9.75. The third kappa shape index (κ3) is 10.3. The number of aromatic nitrogens is 1. The second-order valence-corrected chi connectivity index (χ2v) is 6.76. The van der Waals surface area contributed by atoms with Gasteiger partial charge in [0.15, 0.2) is 0 Å². The van der Waals surface area contributed by atoms with Gasteiger partial charge in [0.05, 0.1) is 5.92 Å². The van der Waals surface area contributed by atoms with Gasteiger partial charge in [-0.15, -0.1) is 0 Å². The van der Waals surface area contributed by atoms with Crippen LogP contribution in [0, 0.1) is 5.92 Å². The second-order valence-electron chi connectivity index (χ2n) is 6.76. The monoisotopic (exact) mass is 402 g/mol. The van der Waals surface area contributed by atoms with Gasteiger partial charge in [-0.05, 0) is 25.3 Å². The van der Waals surface area contributed by atoms with E-state index in [2.05, 4.69) is 11.9 Å². The summed E-state index contributed by atoms with van der Waals surface area (Å²) in [5.74, 6) is -2.51. The third-order valence-corrected chi connectivity index (χ3v) is 4.37. The molecule has 1 N–H and O–H groups in total. The minimum absolute atomic E-state index is 0.0639. The molecule has 0 saturated carbocycles. The quantitative estimate of drug-likeness (QED) is 0.388. The number of amides is 1. The summed E-state index contributed by atoms with van der Waals surface area (Å²) < 4.78 is 41.8. The molecule has 0 aliphatic rings. The first kappa shape index (κ1) is 23.9. The van der Waals surface area contributed by atoms with Crippen molar-refractivity contribution in [2.75, 3.05) is 6.54 Å². The van der Waals surface area contributed by atoms with E-state index in [1.54, 1.807) is 18.5 Å². The van der Waals surface area contributed by atoms with E-state index in [1.165, 1.54) is 0 Å². The Labute approximate surface area is 164 Å². The zero-order valence-corrected chi connectivity index (χ0v) is 16.3. The van der Waals surface area contributed by atoms with Crippen molar-refractivity contribution in [3.05, 3.63) is 30.1 Å². The van der Waals surface area contributed by atoms with Crippen LogP contribution in [0.4, 0.5) is 13.2 Å². The first-order chi connectivity index (χ1) is 13.3. The molecule has 0 aliphatic heterocycles. The molecule has 0 aromatic carbocycles. The Hall–Kier alpha value is -2.12. The van der Waals surface area contributed by atoms with Crippen molar-refractivity contribution >= 4 is 11.9 Å². The maximum atomic E-state index is 12.4. The smallest absolute Gasteiger partial charge is 0.461 e. The number of hydrogen-bond donors (Lipinski definition) is 1. The van der Waals surface area contributed by atoms with Gasteiger partial charge in [0.25, 0.3) is 0 Å². The Morgan fingerprint density at radius 1 is 1.14 bits per heavy atom. The van der Waals surface area contributed by atoms with Gasteiger partial charge in [0, 0.05) is 24.5 Å². The molecule has 0 radical (unpaired) electrons. The normalized spacial score (nSPS) is 12.4. The number of alkyl halides is 3. The Morgan fingerprint density at radius 3 is 2.46 bits per heavy atom. The number of esters is 1. The molecule has 1 atom stereocenters. The molecule has 5 nitrogen and oxygen atoms in total. The fourth-order valence-electron chi connectivity index (χ4n) is 2.77. The molecule has 1 aromatic rings. The van der Waals surface area contributed by atoms with E-state index in [0.717, 1.165) is 31.2 Å². The van der Waals surface area contributed by atoms with Crippen molar-refractivity contribution in [2.45, 2.75) is 71.1 Å². The summed E-state index contributed by atoms with van der Waals surface area (Å²) in [7, 11) is 0. The van der Waals surface area contributed by atoms with E-state index < -0.39 is 12.1 Å². The number of carbonyl (C=O) groups is 2. The van der Waals surface area contributed by atoms with Crippen LogP contribution in [-0.4, -0.2) is 29.6 Å². The van der Waals surface area contributed by atoms with Crippen LogP contribution in [0.15, 0.2) is 24.5 Å². The number of ether oxygens (including phenoxy) is 1. The highest BCUT2D eigenvalue weighted by Gasteiger charge is 2.38. The summed E-state index contributed by atoms with van der Waals surface area (Å²) in [4.78, 5) is 27.2. The average molecular weight is 402 g/mol. The molecule has 158 valence electrons. The molecule has 1 unspecified atom stereocenters. The lowest BCUT2D eigenvalue weighted by molar-refractivity contribution is -0.173. The molecular weight excluding hydrogens is 373 g/mol. The fourth-order valence-corrected chi connectivity index (χ4v) is 2.77. The molecule has 0 bridgehead atoms. The highest BCUT2D eigenvalue weighted by molar-refractivity contribution is 5.81. The summed E-state index contributed by atoms with van der Waals surface area (Å²) in [6, 6.07) is 3.58. The van der Waals surface area contributed by atoms with E-state index in [-0.39, 0.29) is 25.0 Å². The van der Waals surface area contributed by atoms with E-state index in [0.29, 0.717) is 25.7 Å². The van der Waals surface area contributed by atoms with Gasteiger partial charge in [0.1, 0.15) is 6.61 Å².